The fraction of sp³-hybridized carbons (Fsp3) is 0.300. The second-order valence-corrected chi connectivity index (χ2v) is 3.89. The molecule has 0 aliphatic carbocycles. The summed E-state index contributed by atoms with van der Waals surface area (Å²) in [5, 5.41) is 3.04. The SMILES string of the molecule is Cc1ccc(Nc2nc(N)nc(N(C)C)n2)[nH]1. The Hall–Kier alpha value is -2.31. The number of aryl methyl sites for hydroxylation is 1. The predicted molar refractivity (Wildman–Crippen MR) is 67.4 cm³/mol. The fourth-order valence-corrected chi connectivity index (χ4v) is 1.33. The lowest BCUT2D eigenvalue weighted by Crippen LogP contribution is -2.15. The Morgan fingerprint density at radius 3 is 2.59 bits per heavy atom. The molecule has 17 heavy (non-hydrogen) atoms. The van der Waals surface area contributed by atoms with Crippen molar-refractivity contribution in [2.24, 2.45) is 0 Å². The fourth-order valence-electron chi connectivity index (χ4n) is 1.33. The summed E-state index contributed by atoms with van der Waals surface area (Å²) in [6.07, 6.45) is 0. The molecule has 0 atom stereocenters. The number of nitrogen functional groups attached to an aromatic ring is 1. The molecule has 0 unspecified atom stereocenters. The Labute approximate surface area is 99.1 Å². The van der Waals surface area contributed by atoms with Crippen LogP contribution in [0, 0.1) is 6.92 Å². The maximum Gasteiger partial charge on any atom is 0.234 e. The Bertz CT molecular complexity index is 517. The molecule has 2 heterocycles. The van der Waals surface area contributed by atoms with E-state index in [4.69, 9.17) is 5.73 Å². The lowest BCUT2D eigenvalue weighted by molar-refractivity contribution is 0.968. The molecule has 0 radical (unpaired) electrons. The number of nitrogens with zero attached hydrogens (tertiary/aromatic N) is 4. The highest BCUT2D eigenvalue weighted by molar-refractivity contribution is 5.51. The second kappa shape index (κ2) is 4.28. The Morgan fingerprint density at radius 2 is 2.00 bits per heavy atom. The number of rotatable bonds is 3. The highest BCUT2D eigenvalue weighted by Crippen LogP contribution is 2.14. The van der Waals surface area contributed by atoms with Gasteiger partial charge in [0.25, 0.3) is 0 Å². The molecule has 0 saturated carbocycles. The minimum absolute atomic E-state index is 0.189. The van der Waals surface area contributed by atoms with Gasteiger partial charge in [0.15, 0.2) is 0 Å². The molecule has 0 saturated heterocycles. The molecule has 4 N–H and O–H groups in total. The first-order valence-corrected chi connectivity index (χ1v) is 5.16. The van der Waals surface area contributed by atoms with Crippen molar-refractivity contribution in [3.63, 3.8) is 0 Å². The number of nitrogens with two attached hydrogens (primary N) is 1. The number of H-pyrrole nitrogens is 1. The molecule has 0 fully saturated rings. The second-order valence-electron chi connectivity index (χ2n) is 3.89. The molecule has 7 heteroatoms. The van der Waals surface area contributed by atoms with Crippen molar-refractivity contribution >= 4 is 23.7 Å². The summed E-state index contributed by atoms with van der Waals surface area (Å²) in [5.41, 5.74) is 6.67. The monoisotopic (exact) mass is 233 g/mol. The van der Waals surface area contributed by atoms with Gasteiger partial charge in [-0.15, -0.1) is 0 Å². The topological polar surface area (TPSA) is 95.8 Å². The van der Waals surface area contributed by atoms with Gasteiger partial charge in [0.05, 0.1) is 0 Å². The first-order chi connectivity index (χ1) is 8.04. The third-order valence-corrected chi connectivity index (χ3v) is 2.12. The first kappa shape index (κ1) is 11.2. The van der Waals surface area contributed by atoms with E-state index in [1.807, 2.05) is 33.2 Å². The summed E-state index contributed by atoms with van der Waals surface area (Å²) >= 11 is 0. The van der Waals surface area contributed by atoms with E-state index in [9.17, 15) is 0 Å². The van der Waals surface area contributed by atoms with Gasteiger partial charge < -0.3 is 20.9 Å². The molecular weight excluding hydrogens is 218 g/mol. The van der Waals surface area contributed by atoms with Crippen LogP contribution in [-0.4, -0.2) is 34.0 Å². The normalized spacial score (nSPS) is 10.3. The smallest absolute Gasteiger partial charge is 0.234 e. The highest BCUT2D eigenvalue weighted by atomic mass is 15.3. The molecule has 0 bridgehead atoms. The van der Waals surface area contributed by atoms with Crippen LogP contribution in [0.25, 0.3) is 0 Å². The van der Waals surface area contributed by atoms with E-state index in [1.165, 1.54) is 0 Å². The Morgan fingerprint density at radius 1 is 1.24 bits per heavy atom. The summed E-state index contributed by atoms with van der Waals surface area (Å²) in [4.78, 5) is 17.2. The molecule has 0 spiro atoms. The van der Waals surface area contributed by atoms with Gasteiger partial charge in [-0.05, 0) is 19.1 Å². The van der Waals surface area contributed by atoms with E-state index >= 15 is 0 Å². The lowest BCUT2D eigenvalue weighted by atomic mass is 10.5. The van der Waals surface area contributed by atoms with E-state index in [0.717, 1.165) is 11.5 Å². The van der Waals surface area contributed by atoms with Crippen molar-refractivity contribution in [1.82, 2.24) is 19.9 Å². The number of hydrogen-bond donors (Lipinski definition) is 3. The molecule has 0 aromatic carbocycles. The molecule has 2 aromatic rings. The van der Waals surface area contributed by atoms with Crippen molar-refractivity contribution in [2.75, 3.05) is 30.0 Å². The van der Waals surface area contributed by atoms with E-state index in [0.29, 0.717) is 11.9 Å². The van der Waals surface area contributed by atoms with Gasteiger partial charge in [-0.3, -0.25) is 0 Å². The zero-order chi connectivity index (χ0) is 12.4. The summed E-state index contributed by atoms with van der Waals surface area (Å²) in [5.74, 6) is 1.94. The highest BCUT2D eigenvalue weighted by Gasteiger charge is 2.06. The Kier molecular flexibility index (Phi) is 2.82. The van der Waals surface area contributed by atoms with E-state index in [1.54, 1.807) is 4.90 Å². The van der Waals surface area contributed by atoms with Crippen molar-refractivity contribution in [2.45, 2.75) is 6.92 Å². The van der Waals surface area contributed by atoms with E-state index in [-0.39, 0.29) is 5.95 Å². The largest absolute Gasteiger partial charge is 0.368 e. The number of aromatic nitrogens is 4. The zero-order valence-corrected chi connectivity index (χ0v) is 10.0. The van der Waals surface area contributed by atoms with Crippen LogP contribution < -0.4 is 16.0 Å². The minimum Gasteiger partial charge on any atom is -0.368 e. The van der Waals surface area contributed by atoms with Crippen LogP contribution >= 0.6 is 0 Å². The van der Waals surface area contributed by atoms with Crippen molar-refractivity contribution in [1.29, 1.82) is 0 Å². The number of anilines is 4. The quantitative estimate of drug-likeness (QED) is 0.729. The van der Waals surface area contributed by atoms with Crippen LogP contribution in [0.5, 0.6) is 0 Å². The summed E-state index contributed by atoms with van der Waals surface area (Å²) in [6.45, 7) is 1.97. The Balaban J connectivity index is 2.26. The number of hydrogen-bond acceptors (Lipinski definition) is 6. The van der Waals surface area contributed by atoms with Gasteiger partial charge in [0.2, 0.25) is 17.8 Å². The third kappa shape index (κ3) is 2.63. The standard InChI is InChI=1S/C10H15N7/c1-6-4-5-7(12-6)13-9-14-8(11)15-10(16-9)17(2)3/h4-5,12H,1-3H3,(H3,11,13,14,15,16). The maximum atomic E-state index is 5.62. The average Bonchev–Trinajstić information content (AvgIpc) is 2.63. The molecule has 7 nitrogen and oxygen atoms in total. The first-order valence-electron chi connectivity index (χ1n) is 5.16. The summed E-state index contributed by atoms with van der Waals surface area (Å²) in [7, 11) is 3.69. The van der Waals surface area contributed by atoms with Crippen LogP contribution in [0.3, 0.4) is 0 Å². The van der Waals surface area contributed by atoms with Crippen LogP contribution in [-0.2, 0) is 0 Å². The molecule has 0 aliphatic heterocycles. The molecule has 0 amide bonds. The van der Waals surface area contributed by atoms with Gasteiger partial charge >= 0.3 is 0 Å². The van der Waals surface area contributed by atoms with Crippen LogP contribution in [0.2, 0.25) is 0 Å². The molecule has 0 aliphatic rings. The average molecular weight is 233 g/mol. The molecule has 2 aromatic heterocycles. The minimum atomic E-state index is 0.189. The van der Waals surface area contributed by atoms with Crippen molar-refractivity contribution in [3.05, 3.63) is 17.8 Å². The van der Waals surface area contributed by atoms with Gasteiger partial charge in [0.1, 0.15) is 5.82 Å². The van der Waals surface area contributed by atoms with Crippen LogP contribution in [0.1, 0.15) is 5.69 Å². The van der Waals surface area contributed by atoms with Crippen molar-refractivity contribution < 1.29 is 0 Å². The third-order valence-electron chi connectivity index (χ3n) is 2.12. The van der Waals surface area contributed by atoms with Gasteiger partial charge in [-0.25, -0.2) is 0 Å². The van der Waals surface area contributed by atoms with Crippen molar-refractivity contribution in [3.8, 4) is 0 Å². The predicted octanol–water partition coefficient (Wildman–Crippen LogP) is 0.900. The number of aromatic amines is 1. The van der Waals surface area contributed by atoms with Gasteiger partial charge in [0, 0.05) is 19.8 Å². The van der Waals surface area contributed by atoms with Gasteiger partial charge in [-0.2, -0.15) is 15.0 Å². The lowest BCUT2D eigenvalue weighted by Gasteiger charge is -2.11. The van der Waals surface area contributed by atoms with Crippen LogP contribution in [0.4, 0.5) is 23.7 Å². The molecule has 90 valence electrons. The molecular formula is C10H15N7. The zero-order valence-electron chi connectivity index (χ0n) is 10.0. The van der Waals surface area contributed by atoms with E-state index < -0.39 is 0 Å². The summed E-state index contributed by atoms with van der Waals surface area (Å²) < 4.78 is 0. The maximum absolute atomic E-state index is 5.62. The van der Waals surface area contributed by atoms with E-state index in [2.05, 4.69) is 25.3 Å². The summed E-state index contributed by atoms with van der Waals surface area (Å²) in [6, 6.07) is 3.87. The number of nitrogens with one attached hydrogen (secondary N) is 2. The van der Waals surface area contributed by atoms with Crippen LogP contribution in [0.15, 0.2) is 12.1 Å². The van der Waals surface area contributed by atoms with Gasteiger partial charge in [-0.1, -0.05) is 0 Å². The molecule has 2 rings (SSSR count).